The summed E-state index contributed by atoms with van der Waals surface area (Å²) >= 11 is 1.74. The highest BCUT2D eigenvalue weighted by atomic mass is 32.1. The predicted octanol–water partition coefficient (Wildman–Crippen LogP) is 1.39. The van der Waals surface area contributed by atoms with E-state index in [0.717, 1.165) is 35.2 Å². The number of hydrogen-bond acceptors (Lipinski definition) is 7. The number of nitrogens with zero attached hydrogens (tertiary/aromatic N) is 3. The van der Waals surface area contributed by atoms with Gasteiger partial charge in [0.25, 0.3) is 0 Å². The molecule has 8 nitrogen and oxygen atoms in total. The summed E-state index contributed by atoms with van der Waals surface area (Å²) in [5, 5.41) is 11.3. The molecule has 2 N–H and O–H groups in total. The zero-order valence-electron chi connectivity index (χ0n) is 16.6. The summed E-state index contributed by atoms with van der Waals surface area (Å²) in [5.41, 5.74) is 2.32. The van der Waals surface area contributed by atoms with Crippen LogP contribution in [0.25, 0.3) is 0 Å². The summed E-state index contributed by atoms with van der Waals surface area (Å²) < 4.78 is 10.8. The van der Waals surface area contributed by atoms with Crippen molar-refractivity contribution >= 4 is 17.2 Å². The molecule has 0 spiro atoms. The molecule has 2 aliphatic rings. The third-order valence-corrected chi connectivity index (χ3v) is 6.80. The van der Waals surface area contributed by atoms with E-state index in [4.69, 9.17) is 9.47 Å². The lowest BCUT2D eigenvalue weighted by molar-refractivity contribution is -0.131. The second-order valence-electron chi connectivity index (χ2n) is 7.79. The first kappa shape index (κ1) is 19.5. The maximum atomic E-state index is 13.1. The number of aryl methyl sites for hydroxylation is 2. The summed E-state index contributed by atoms with van der Waals surface area (Å²) in [6, 6.07) is 1.91. The molecule has 2 fully saturated rings. The maximum Gasteiger partial charge on any atom is 0.230 e. The first-order valence-electron chi connectivity index (χ1n) is 9.53. The monoisotopic (exact) mass is 405 g/mol. The fourth-order valence-corrected chi connectivity index (χ4v) is 5.13. The van der Waals surface area contributed by atoms with Gasteiger partial charge in [0.2, 0.25) is 5.91 Å². The number of aromatic nitrogens is 3. The van der Waals surface area contributed by atoms with Crippen LogP contribution in [0.15, 0.2) is 6.07 Å². The lowest BCUT2D eigenvalue weighted by Gasteiger charge is -2.25. The first-order chi connectivity index (χ1) is 13.5. The van der Waals surface area contributed by atoms with Gasteiger partial charge in [-0.3, -0.25) is 14.8 Å². The van der Waals surface area contributed by atoms with Gasteiger partial charge < -0.3 is 14.8 Å². The molecular formula is C19H27N5O3S. The van der Waals surface area contributed by atoms with Crippen LogP contribution >= 0.6 is 11.3 Å². The fraction of sp³-hybridized carbons (Fsp3) is 0.632. The third-order valence-electron chi connectivity index (χ3n) is 5.74. The predicted molar refractivity (Wildman–Crippen MR) is 105 cm³/mol. The number of ether oxygens (including phenoxy) is 2. The van der Waals surface area contributed by atoms with Gasteiger partial charge in [0.05, 0.1) is 55.4 Å². The van der Waals surface area contributed by atoms with Crippen molar-refractivity contribution < 1.29 is 14.3 Å². The number of thiazole rings is 1. The van der Waals surface area contributed by atoms with Gasteiger partial charge in [0.15, 0.2) is 0 Å². The number of aromatic amines is 1. The summed E-state index contributed by atoms with van der Waals surface area (Å²) in [6.45, 7) is 8.52. The number of carbonyl (C=O) groups excluding carboxylic acids is 1. The molecule has 28 heavy (non-hydrogen) atoms. The van der Waals surface area contributed by atoms with E-state index in [9.17, 15) is 4.79 Å². The smallest absolute Gasteiger partial charge is 0.230 e. The van der Waals surface area contributed by atoms with E-state index in [-0.39, 0.29) is 11.8 Å². The molecule has 9 heteroatoms. The number of rotatable bonds is 7. The molecular weight excluding hydrogens is 378 g/mol. The summed E-state index contributed by atoms with van der Waals surface area (Å²) in [6.07, 6.45) is 0. The van der Waals surface area contributed by atoms with Crippen LogP contribution in [0, 0.1) is 25.2 Å². The topological polar surface area (TPSA) is 92.4 Å². The Morgan fingerprint density at radius 2 is 2.39 bits per heavy atom. The normalized spacial score (nSPS) is 24.6. The van der Waals surface area contributed by atoms with Crippen LogP contribution in [-0.4, -0.2) is 59.4 Å². The zero-order chi connectivity index (χ0) is 19.7. The number of carbonyl (C=O) groups is 1. The SMILES string of the molecule is COCc1cc(CNC(=O)[C@]23COCC2CN(Cc2nc(C)c(C)s2)C3)[nH]n1. The molecule has 1 unspecified atom stereocenters. The minimum Gasteiger partial charge on any atom is -0.380 e. The molecule has 0 radical (unpaired) electrons. The van der Waals surface area contributed by atoms with E-state index in [0.29, 0.717) is 32.9 Å². The molecule has 1 amide bonds. The van der Waals surface area contributed by atoms with Crippen molar-refractivity contribution in [3.05, 3.63) is 33.0 Å². The molecule has 0 aromatic carbocycles. The van der Waals surface area contributed by atoms with Crippen LogP contribution in [0.2, 0.25) is 0 Å². The van der Waals surface area contributed by atoms with Gasteiger partial charge in [-0.25, -0.2) is 4.98 Å². The molecule has 152 valence electrons. The Morgan fingerprint density at radius 3 is 3.14 bits per heavy atom. The van der Waals surface area contributed by atoms with E-state index >= 15 is 0 Å². The Morgan fingerprint density at radius 1 is 1.54 bits per heavy atom. The number of methoxy groups -OCH3 is 1. The molecule has 2 aliphatic heterocycles. The van der Waals surface area contributed by atoms with E-state index in [1.807, 2.05) is 13.0 Å². The number of amides is 1. The highest BCUT2D eigenvalue weighted by Gasteiger charge is 2.55. The van der Waals surface area contributed by atoms with Crippen LogP contribution in [0.5, 0.6) is 0 Å². The van der Waals surface area contributed by atoms with Crippen molar-refractivity contribution in [2.24, 2.45) is 11.3 Å². The molecule has 0 saturated carbocycles. The Hall–Kier alpha value is -1.81. The number of hydrogen-bond donors (Lipinski definition) is 2. The molecule has 2 saturated heterocycles. The Labute approximate surface area is 168 Å². The Kier molecular flexibility index (Phi) is 5.50. The first-order valence-corrected chi connectivity index (χ1v) is 10.4. The molecule has 0 bridgehead atoms. The average Bonchev–Trinajstić information content (AvgIpc) is 3.39. The van der Waals surface area contributed by atoms with Gasteiger partial charge >= 0.3 is 0 Å². The van der Waals surface area contributed by atoms with Crippen molar-refractivity contribution in [2.75, 3.05) is 33.4 Å². The minimum atomic E-state index is -0.475. The number of fused-ring (bicyclic) bond motifs is 1. The Bertz CT molecular complexity index is 831. The third kappa shape index (κ3) is 3.71. The Balaban J connectivity index is 1.39. The van der Waals surface area contributed by atoms with Crippen molar-refractivity contribution in [3.8, 4) is 0 Å². The lowest BCUT2D eigenvalue weighted by atomic mass is 9.80. The quantitative estimate of drug-likeness (QED) is 0.723. The van der Waals surface area contributed by atoms with Gasteiger partial charge in [-0.05, 0) is 19.9 Å². The van der Waals surface area contributed by atoms with Gasteiger partial charge in [-0.15, -0.1) is 11.3 Å². The molecule has 2 atom stereocenters. The van der Waals surface area contributed by atoms with Crippen LogP contribution in [0.4, 0.5) is 0 Å². The molecule has 2 aromatic heterocycles. The van der Waals surface area contributed by atoms with E-state index in [2.05, 4.69) is 32.3 Å². The van der Waals surface area contributed by atoms with E-state index < -0.39 is 5.41 Å². The van der Waals surface area contributed by atoms with Crippen molar-refractivity contribution in [3.63, 3.8) is 0 Å². The van der Waals surface area contributed by atoms with Gasteiger partial charge in [0, 0.05) is 31.0 Å². The van der Waals surface area contributed by atoms with E-state index in [1.54, 1.807) is 18.4 Å². The minimum absolute atomic E-state index is 0.0619. The molecule has 4 rings (SSSR count). The molecule has 0 aliphatic carbocycles. The highest BCUT2D eigenvalue weighted by Crippen LogP contribution is 2.42. The van der Waals surface area contributed by atoms with Crippen molar-refractivity contribution in [1.82, 2.24) is 25.4 Å². The second kappa shape index (κ2) is 7.90. The number of likely N-dealkylation sites (tertiary alicyclic amines) is 1. The number of H-pyrrole nitrogens is 1. The van der Waals surface area contributed by atoms with E-state index in [1.165, 1.54) is 4.88 Å². The van der Waals surface area contributed by atoms with Crippen LogP contribution in [0.1, 0.15) is 27.0 Å². The number of nitrogens with one attached hydrogen (secondary N) is 2. The maximum absolute atomic E-state index is 13.1. The van der Waals surface area contributed by atoms with Crippen LogP contribution in [0.3, 0.4) is 0 Å². The highest BCUT2D eigenvalue weighted by molar-refractivity contribution is 7.11. The van der Waals surface area contributed by atoms with Gasteiger partial charge in [-0.2, -0.15) is 5.10 Å². The van der Waals surface area contributed by atoms with Crippen molar-refractivity contribution in [2.45, 2.75) is 33.5 Å². The summed E-state index contributed by atoms with van der Waals surface area (Å²) in [5.74, 6) is 0.285. The molecule has 2 aromatic rings. The largest absolute Gasteiger partial charge is 0.380 e. The second-order valence-corrected chi connectivity index (χ2v) is 9.07. The summed E-state index contributed by atoms with van der Waals surface area (Å²) in [4.78, 5) is 21.4. The fourth-order valence-electron chi connectivity index (χ4n) is 4.15. The van der Waals surface area contributed by atoms with Gasteiger partial charge in [0.1, 0.15) is 5.01 Å². The van der Waals surface area contributed by atoms with Crippen LogP contribution in [-0.2, 0) is 34.0 Å². The zero-order valence-corrected chi connectivity index (χ0v) is 17.4. The van der Waals surface area contributed by atoms with Crippen LogP contribution < -0.4 is 5.32 Å². The summed E-state index contributed by atoms with van der Waals surface area (Å²) in [7, 11) is 1.63. The van der Waals surface area contributed by atoms with Gasteiger partial charge in [-0.1, -0.05) is 0 Å². The van der Waals surface area contributed by atoms with Crippen molar-refractivity contribution in [1.29, 1.82) is 0 Å². The lowest BCUT2D eigenvalue weighted by Crippen LogP contribution is -2.46. The molecule has 4 heterocycles. The standard InChI is InChI=1S/C19H27N5O3S/c1-12-13(2)28-17(21-12)7-24-6-14-8-27-11-19(14,10-24)18(25)20-5-15-4-16(9-26-3)23-22-15/h4,14H,5-11H2,1-3H3,(H,20,25)(H,22,23)/t14?,19-/m1/s1. The average molecular weight is 406 g/mol.